The molecule has 110 valence electrons. The molecular weight excluding hydrogens is 253 g/mol. The van der Waals surface area contributed by atoms with E-state index in [1.54, 1.807) is 6.92 Å². The average Bonchev–Trinajstić information content (AvgIpc) is 2.35. The summed E-state index contributed by atoms with van der Waals surface area (Å²) in [6.07, 6.45) is 0.369. The Balaban J connectivity index is 2.75. The van der Waals surface area contributed by atoms with E-state index in [2.05, 4.69) is 13.0 Å². The second-order valence-electron chi connectivity index (χ2n) is 5.45. The molecule has 1 aliphatic carbocycles. The summed E-state index contributed by atoms with van der Waals surface area (Å²) >= 11 is 0. The molecular formula is C14H23F3N2. The van der Waals surface area contributed by atoms with Gasteiger partial charge >= 0.3 is 6.18 Å². The Morgan fingerprint density at radius 2 is 1.95 bits per heavy atom. The molecule has 2 nitrogen and oxygen atoms in total. The second-order valence-corrected chi connectivity index (χ2v) is 5.45. The maximum atomic E-state index is 12.6. The van der Waals surface area contributed by atoms with Crippen LogP contribution in [0.5, 0.6) is 0 Å². The van der Waals surface area contributed by atoms with Crippen molar-refractivity contribution in [2.45, 2.75) is 58.2 Å². The number of nitrogens with zero attached hydrogens (tertiary/aromatic N) is 2. The topological polar surface area (TPSA) is 27.0 Å². The zero-order chi connectivity index (χ0) is 14.5. The summed E-state index contributed by atoms with van der Waals surface area (Å²) < 4.78 is 37.8. The highest BCUT2D eigenvalue weighted by molar-refractivity contribution is 4.97. The molecule has 1 fully saturated rings. The number of nitriles is 1. The molecule has 1 aliphatic rings. The monoisotopic (exact) mass is 276 g/mol. The fourth-order valence-corrected chi connectivity index (χ4v) is 3.15. The summed E-state index contributed by atoms with van der Waals surface area (Å²) in [6.45, 7) is 3.29. The summed E-state index contributed by atoms with van der Waals surface area (Å²) in [5, 5.41) is 9.16. The molecule has 0 aromatic rings. The van der Waals surface area contributed by atoms with Gasteiger partial charge in [0.1, 0.15) is 0 Å². The van der Waals surface area contributed by atoms with Crippen LogP contribution in [0.25, 0.3) is 0 Å². The van der Waals surface area contributed by atoms with Crippen LogP contribution in [0.1, 0.15) is 46.0 Å². The Hall–Kier alpha value is -0.760. The van der Waals surface area contributed by atoms with Gasteiger partial charge in [-0.05, 0) is 31.7 Å². The highest BCUT2D eigenvalue weighted by atomic mass is 19.4. The minimum Gasteiger partial charge on any atom is -0.291 e. The van der Waals surface area contributed by atoms with Crippen molar-refractivity contribution in [3.63, 3.8) is 0 Å². The van der Waals surface area contributed by atoms with E-state index < -0.39 is 12.7 Å². The third kappa shape index (κ3) is 5.02. The first-order chi connectivity index (χ1) is 8.91. The quantitative estimate of drug-likeness (QED) is 0.759. The third-order valence-corrected chi connectivity index (χ3v) is 4.05. The van der Waals surface area contributed by atoms with Crippen LogP contribution < -0.4 is 0 Å². The first kappa shape index (κ1) is 16.3. The zero-order valence-electron chi connectivity index (χ0n) is 11.7. The van der Waals surface area contributed by atoms with Gasteiger partial charge in [-0.15, -0.1) is 0 Å². The van der Waals surface area contributed by atoms with Gasteiger partial charge in [-0.3, -0.25) is 4.90 Å². The van der Waals surface area contributed by atoms with Crippen molar-refractivity contribution < 1.29 is 13.2 Å². The van der Waals surface area contributed by atoms with Crippen LogP contribution in [0.4, 0.5) is 13.2 Å². The van der Waals surface area contributed by atoms with Gasteiger partial charge in [0.15, 0.2) is 0 Å². The number of alkyl halides is 3. The van der Waals surface area contributed by atoms with Gasteiger partial charge in [0, 0.05) is 6.04 Å². The van der Waals surface area contributed by atoms with E-state index in [0.717, 1.165) is 32.1 Å². The summed E-state index contributed by atoms with van der Waals surface area (Å²) in [4.78, 5) is 1.44. The van der Waals surface area contributed by atoms with Gasteiger partial charge in [0.2, 0.25) is 0 Å². The van der Waals surface area contributed by atoms with E-state index in [0.29, 0.717) is 12.5 Å². The van der Waals surface area contributed by atoms with Crippen LogP contribution >= 0.6 is 0 Å². The minimum atomic E-state index is -4.19. The molecule has 0 aromatic heterocycles. The van der Waals surface area contributed by atoms with Crippen molar-refractivity contribution in [2.24, 2.45) is 11.8 Å². The lowest BCUT2D eigenvalue weighted by Crippen LogP contribution is -2.47. The predicted molar refractivity (Wildman–Crippen MR) is 68.4 cm³/mol. The van der Waals surface area contributed by atoms with Gasteiger partial charge < -0.3 is 0 Å². The summed E-state index contributed by atoms with van der Waals surface area (Å²) in [5.74, 6) is 0.220. The van der Waals surface area contributed by atoms with Crippen LogP contribution in [0, 0.1) is 23.2 Å². The Bertz CT molecular complexity index is 309. The molecule has 1 saturated carbocycles. The Morgan fingerprint density at radius 3 is 2.42 bits per heavy atom. The van der Waals surface area contributed by atoms with Gasteiger partial charge in [-0.25, -0.2) is 0 Å². The second kappa shape index (κ2) is 7.14. The molecule has 0 amide bonds. The normalized spacial score (nSPS) is 28.4. The summed E-state index contributed by atoms with van der Waals surface area (Å²) in [6, 6.07) is 1.97. The van der Waals surface area contributed by atoms with Crippen LogP contribution in [-0.2, 0) is 0 Å². The summed E-state index contributed by atoms with van der Waals surface area (Å²) in [5.41, 5.74) is 0. The fourth-order valence-electron chi connectivity index (χ4n) is 3.15. The molecule has 0 aromatic carbocycles. The molecule has 5 heteroatoms. The Kier molecular flexibility index (Phi) is 6.12. The zero-order valence-corrected chi connectivity index (χ0v) is 11.7. The van der Waals surface area contributed by atoms with Crippen molar-refractivity contribution >= 4 is 0 Å². The van der Waals surface area contributed by atoms with Crippen molar-refractivity contribution in [1.29, 1.82) is 5.26 Å². The van der Waals surface area contributed by atoms with Crippen LogP contribution in [-0.4, -0.2) is 30.2 Å². The minimum absolute atomic E-state index is 0.234. The van der Waals surface area contributed by atoms with E-state index in [4.69, 9.17) is 5.26 Å². The first-order valence-electron chi connectivity index (χ1n) is 7.11. The standard InChI is InChI=1S/C14H23F3N2/c1-3-5-11-6-7-12(9-18)13(8-11)19(4-2)10-14(15,16)17/h11-13H,3-8,10H2,1-2H3. The molecule has 0 aliphatic heterocycles. The highest BCUT2D eigenvalue weighted by Crippen LogP contribution is 2.35. The summed E-state index contributed by atoms with van der Waals surface area (Å²) in [7, 11) is 0. The van der Waals surface area contributed by atoms with Crippen LogP contribution in [0.15, 0.2) is 0 Å². The van der Waals surface area contributed by atoms with Crippen molar-refractivity contribution in [3.05, 3.63) is 0 Å². The molecule has 0 bridgehead atoms. The van der Waals surface area contributed by atoms with E-state index in [1.165, 1.54) is 4.90 Å². The molecule has 3 atom stereocenters. The largest absolute Gasteiger partial charge is 0.401 e. The predicted octanol–water partition coefficient (Wildman–Crippen LogP) is 3.98. The lowest BCUT2D eigenvalue weighted by molar-refractivity contribution is -0.154. The van der Waals surface area contributed by atoms with E-state index in [-0.39, 0.29) is 12.0 Å². The highest BCUT2D eigenvalue weighted by Gasteiger charge is 2.38. The molecule has 19 heavy (non-hydrogen) atoms. The van der Waals surface area contributed by atoms with Gasteiger partial charge in [-0.1, -0.05) is 26.7 Å². The molecule has 0 spiro atoms. The van der Waals surface area contributed by atoms with E-state index in [1.807, 2.05) is 0 Å². The van der Waals surface area contributed by atoms with Crippen LogP contribution in [0.2, 0.25) is 0 Å². The number of halogens is 3. The van der Waals surface area contributed by atoms with Gasteiger partial charge in [0.05, 0.1) is 18.5 Å². The number of hydrogen-bond donors (Lipinski definition) is 0. The molecule has 0 radical (unpaired) electrons. The fraction of sp³-hybridized carbons (Fsp3) is 0.929. The molecule has 0 saturated heterocycles. The third-order valence-electron chi connectivity index (χ3n) is 4.05. The van der Waals surface area contributed by atoms with E-state index >= 15 is 0 Å². The maximum absolute atomic E-state index is 12.6. The van der Waals surface area contributed by atoms with Crippen molar-refractivity contribution in [3.8, 4) is 6.07 Å². The smallest absolute Gasteiger partial charge is 0.291 e. The average molecular weight is 276 g/mol. The Morgan fingerprint density at radius 1 is 1.26 bits per heavy atom. The van der Waals surface area contributed by atoms with Crippen LogP contribution in [0.3, 0.4) is 0 Å². The first-order valence-corrected chi connectivity index (χ1v) is 7.11. The van der Waals surface area contributed by atoms with Crippen molar-refractivity contribution in [2.75, 3.05) is 13.1 Å². The lowest BCUT2D eigenvalue weighted by atomic mass is 9.76. The molecule has 1 rings (SSSR count). The van der Waals surface area contributed by atoms with E-state index in [9.17, 15) is 13.2 Å². The number of hydrogen-bond acceptors (Lipinski definition) is 2. The van der Waals surface area contributed by atoms with Gasteiger partial charge in [-0.2, -0.15) is 18.4 Å². The molecule has 0 heterocycles. The molecule has 3 unspecified atom stereocenters. The lowest BCUT2D eigenvalue weighted by Gasteiger charge is -2.40. The van der Waals surface area contributed by atoms with Gasteiger partial charge in [0.25, 0.3) is 0 Å². The Labute approximate surface area is 113 Å². The molecule has 0 N–H and O–H groups in total. The SMILES string of the molecule is CCCC1CCC(C#N)C(N(CC)CC(F)(F)F)C1. The van der Waals surface area contributed by atoms with Crippen molar-refractivity contribution in [1.82, 2.24) is 4.90 Å². The number of rotatable bonds is 5. The maximum Gasteiger partial charge on any atom is 0.401 e.